The van der Waals surface area contributed by atoms with Crippen LogP contribution in [-0.4, -0.2) is 33.7 Å². The van der Waals surface area contributed by atoms with E-state index in [1.807, 2.05) is 0 Å². The number of nitro groups is 2. The molecule has 0 aliphatic heterocycles. The van der Waals surface area contributed by atoms with Crippen molar-refractivity contribution in [1.29, 1.82) is 0 Å². The molecule has 1 aromatic carbocycles. The van der Waals surface area contributed by atoms with E-state index in [2.05, 4.69) is 0 Å². The summed E-state index contributed by atoms with van der Waals surface area (Å²) in [5.74, 6) is -0.445. The molecule has 1 aromatic rings. The van der Waals surface area contributed by atoms with Crippen molar-refractivity contribution in [3.05, 3.63) is 43.5 Å². The molecule has 108 valence electrons. The highest BCUT2D eigenvalue weighted by atomic mass is 16.6. The third-order valence-corrected chi connectivity index (χ3v) is 3.05. The van der Waals surface area contributed by atoms with E-state index in [9.17, 15) is 25.0 Å². The maximum atomic E-state index is 12.3. The first-order valence-corrected chi connectivity index (χ1v) is 6.06. The molecule has 0 radical (unpaired) electrons. The lowest BCUT2D eigenvalue weighted by Gasteiger charge is -2.19. The Bertz CT molecular complexity index is 566. The highest BCUT2D eigenvalue weighted by Gasteiger charge is 2.26. The van der Waals surface area contributed by atoms with Crippen LogP contribution in [0.5, 0.6) is 0 Å². The fraction of sp³-hybridized carbons (Fsp3) is 0.417. The minimum atomic E-state index is -0.745. The van der Waals surface area contributed by atoms with Crippen LogP contribution in [0.2, 0.25) is 0 Å². The number of nitrogens with zero attached hydrogens (tertiary/aromatic N) is 3. The number of carbonyl (C=O) groups is 1. The average Bonchev–Trinajstić information content (AvgIpc) is 2.39. The molecule has 1 rings (SSSR count). The molecule has 0 saturated carbocycles. The second-order valence-electron chi connectivity index (χ2n) is 4.13. The molecule has 0 bridgehead atoms. The molecule has 0 atom stereocenters. The molecule has 0 N–H and O–H groups in total. The summed E-state index contributed by atoms with van der Waals surface area (Å²) in [4.78, 5) is 34.0. The Kier molecular flexibility index (Phi) is 4.73. The van der Waals surface area contributed by atoms with Crippen LogP contribution < -0.4 is 0 Å². The van der Waals surface area contributed by atoms with Crippen molar-refractivity contribution >= 4 is 17.3 Å². The van der Waals surface area contributed by atoms with Crippen LogP contribution in [0.4, 0.5) is 11.4 Å². The van der Waals surface area contributed by atoms with Crippen molar-refractivity contribution in [3.63, 3.8) is 0 Å². The van der Waals surface area contributed by atoms with Crippen molar-refractivity contribution in [2.75, 3.05) is 13.1 Å². The molecule has 0 heterocycles. The van der Waals surface area contributed by atoms with Gasteiger partial charge in [-0.15, -0.1) is 0 Å². The lowest BCUT2D eigenvalue weighted by Crippen LogP contribution is -2.31. The zero-order valence-electron chi connectivity index (χ0n) is 11.5. The van der Waals surface area contributed by atoms with Gasteiger partial charge in [-0.05, 0) is 20.8 Å². The number of carbonyl (C=O) groups excluding carboxylic acids is 1. The number of benzene rings is 1. The second-order valence-corrected chi connectivity index (χ2v) is 4.13. The van der Waals surface area contributed by atoms with Crippen molar-refractivity contribution in [2.24, 2.45) is 0 Å². The number of hydrogen-bond acceptors (Lipinski definition) is 5. The SMILES string of the molecule is CCN(CC)C(=O)c1cc([N+](=O)[O-])cc([N+](=O)[O-])c1C. The van der Waals surface area contributed by atoms with Crippen LogP contribution in [-0.2, 0) is 0 Å². The van der Waals surface area contributed by atoms with E-state index in [-0.39, 0.29) is 11.1 Å². The van der Waals surface area contributed by atoms with Crippen molar-refractivity contribution in [2.45, 2.75) is 20.8 Å². The third-order valence-electron chi connectivity index (χ3n) is 3.05. The smallest absolute Gasteiger partial charge is 0.279 e. The zero-order valence-corrected chi connectivity index (χ0v) is 11.5. The van der Waals surface area contributed by atoms with Gasteiger partial charge in [-0.1, -0.05) is 0 Å². The molecule has 20 heavy (non-hydrogen) atoms. The first-order chi connectivity index (χ1) is 9.33. The van der Waals surface area contributed by atoms with E-state index < -0.39 is 27.1 Å². The first kappa shape index (κ1) is 15.5. The van der Waals surface area contributed by atoms with Gasteiger partial charge in [-0.25, -0.2) is 0 Å². The highest BCUT2D eigenvalue weighted by molar-refractivity contribution is 5.97. The summed E-state index contributed by atoms with van der Waals surface area (Å²) in [5.41, 5.74) is -0.750. The molecule has 1 amide bonds. The fourth-order valence-electron chi connectivity index (χ4n) is 1.88. The van der Waals surface area contributed by atoms with Gasteiger partial charge < -0.3 is 4.90 Å². The summed E-state index contributed by atoms with van der Waals surface area (Å²) in [6.45, 7) is 5.79. The lowest BCUT2D eigenvalue weighted by molar-refractivity contribution is -0.394. The van der Waals surface area contributed by atoms with Gasteiger partial charge in [-0.2, -0.15) is 0 Å². The van der Waals surface area contributed by atoms with Crippen molar-refractivity contribution < 1.29 is 14.6 Å². The largest absolute Gasteiger partial charge is 0.339 e. The predicted octanol–water partition coefficient (Wildman–Crippen LogP) is 2.29. The quantitative estimate of drug-likeness (QED) is 0.608. The van der Waals surface area contributed by atoms with Crippen molar-refractivity contribution in [3.8, 4) is 0 Å². The third kappa shape index (κ3) is 2.90. The highest BCUT2D eigenvalue weighted by Crippen LogP contribution is 2.28. The minimum absolute atomic E-state index is 0.00500. The van der Waals surface area contributed by atoms with Gasteiger partial charge in [0.25, 0.3) is 17.3 Å². The fourth-order valence-corrected chi connectivity index (χ4v) is 1.88. The number of hydrogen-bond donors (Lipinski definition) is 0. The van der Waals surface area contributed by atoms with Gasteiger partial charge >= 0.3 is 0 Å². The maximum Gasteiger partial charge on any atom is 0.279 e. The molecule has 0 saturated heterocycles. The summed E-state index contributed by atoms with van der Waals surface area (Å²) in [5, 5.41) is 21.8. The van der Waals surface area contributed by atoms with E-state index in [1.165, 1.54) is 11.8 Å². The zero-order chi connectivity index (χ0) is 15.4. The number of amides is 1. The van der Waals surface area contributed by atoms with E-state index >= 15 is 0 Å². The molecular weight excluding hydrogens is 266 g/mol. The maximum absolute atomic E-state index is 12.3. The molecule has 0 aliphatic carbocycles. The Morgan fingerprint density at radius 2 is 1.70 bits per heavy atom. The number of nitro benzene ring substituents is 2. The Labute approximate surface area is 115 Å². The average molecular weight is 281 g/mol. The summed E-state index contributed by atoms with van der Waals surface area (Å²) in [6, 6.07) is 1.96. The Hall–Kier alpha value is -2.51. The lowest BCUT2D eigenvalue weighted by atomic mass is 10.0. The van der Waals surface area contributed by atoms with Gasteiger partial charge in [-0.3, -0.25) is 25.0 Å². The van der Waals surface area contributed by atoms with Crippen molar-refractivity contribution in [1.82, 2.24) is 4.90 Å². The molecule has 0 fully saturated rings. The van der Waals surface area contributed by atoms with Crippen LogP contribution in [0.25, 0.3) is 0 Å². The molecule has 0 aromatic heterocycles. The topological polar surface area (TPSA) is 107 Å². The first-order valence-electron chi connectivity index (χ1n) is 6.06. The van der Waals surface area contributed by atoms with Gasteiger partial charge in [0.05, 0.1) is 21.5 Å². The number of non-ortho nitro benzene ring substituents is 1. The van der Waals surface area contributed by atoms with E-state index in [1.54, 1.807) is 13.8 Å². The predicted molar refractivity (Wildman–Crippen MR) is 71.7 cm³/mol. The van der Waals surface area contributed by atoms with Crippen LogP contribution in [0.15, 0.2) is 12.1 Å². The molecule has 0 aliphatic rings. The second kappa shape index (κ2) is 6.09. The minimum Gasteiger partial charge on any atom is -0.339 e. The molecule has 0 unspecified atom stereocenters. The molecular formula is C12H15N3O5. The normalized spacial score (nSPS) is 10.2. The summed E-state index contributed by atoms with van der Waals surface area (Å²) < 4.78 is 0. The molecule has 0 spiro atoms. The summed E-state index contributed by atoms with van der Waals surface area (Å²) in [7, 11) is 0. The van der Waals surface area contributed by atoms with Crippen LogP contribution in [0, 0.1) is 27.2 Å². The Morgan fingerprint density at radius 3 is 2.10 bits per heavy atom. The summed E-state index contributed by atoms with van der Waals surface area (Å²) in [6.07, 6.45) is 0. The van der Waals surface area contributed by atoms with E-state index in [0.29, 0.717) is 13.1 Å². The van der Waals surface area contributed by atoms with E-state index in [4.69, 9.17) is 0 Å². The number of rotatable bonds is 5. The van der Waals surface area contributed by atoms with Crippen LogP contribution in [0.3, 0.4) is 0 Å². The van der Waals surface area contributed by atoms with Gasteiger partial charge in [0.2, 0.25) is 0 Å². The monoisotopic (exact) mass is 281 g/mol. The summed E-state index contributed by atoms with van der Waals surface area (Å²) >= 11 is 0. The van der Waals surface area contributed by atoms with Gasteiger partial charge in [0, 0.05) is 24.7 Å². The standard InChI is InChI=1S/C12H15N3O5/c1-4-13(5-2)12(16)10-6-9(14(17)18)7-11(8(10)3)15(19)20/h6-7H,4-5H2,1-3H3. The van der Waals surface area contributed by atoms with E-state index in [0.717, 1.165) is 12.1 Å². The molecule has 8 heteroatoms. The van der Waals surface area contributed by atoms with Crippen LogP contribution >= 0.6 is 0 Å². The molecule has 8 nitrogen and oxygen atoms in total. The van der Waals surface area contributed by atoms with Crippen LogP contribution in [0.1, 0.15) is 29.8 Å². The Morgan fingerprint density at radius 1 is 1.15 bits per heavy atom. The van der Waals surface area contributed by atoms with Gasteiger partial charge in [0.15, 0.2) is 0 Å². The van der Waals surface area contributed by atoms with Gasteiger partial charge in [0.1, 0.15) is 0 Å². The Balaban J connectivity index is 3.48.